The number of rotatable bonds is 3. The first-order valence-corrected chi connectivity index (χ1v) is 18.6. The van der Waals surface area contributed by atoms with Crippen molar-refractivity contribution in [2.75, 3.05) is 16.8 Å². The molecule has 4 heterocycles. The Morgan fingerprint density at radius 1 is 0.684 bits per heavy atom. The van der Waals surface area contributed by atoms with Gasteiger partial charge in [0.1, 0.15) is 5.82 Å². The number of pyridine rings is 1. The third-order valence-electron chi connectivity index (χ3n) is 12.0. The molecule has 0 amide bonds. The van der Waals surface area contributed by atoms with Crippen molar-refractivity contribution >= 4 is 38.9 Å². The third-order valence-corrected chi connectivity index (χ3v) is 12.0. The zero-order valence-corrected chi connectivity index (χ0v) is 33.4. The first-order valence-electron chi connectivity index (χ1n) is 18.6. The third kappa shape index (κ3) is 4.52. The molecule has 8 heteroatoms. The van der Waals surface area contributed by atoms with Crippen LogP contribution in [0.2, 0.25) is 0 Å². The van der Waals surface area contributed by atoms with Crippen molar-refractivity contribution in [1.29, 1.82) is 10.5 Å². The summed E-state index contributed by atoms with van der Waals surface area (Å²) in [4.78, 5) is 8.97. The molecule has 276 valence electrons. The van der Waals surface area contributed by atoms with E-state index in [1.165, 1.54) is 0 Å². The maximum Gasteiger partial charge on any atom is 0.135 e. The van der Waals surface area contributed by atoms with Crippen LogP contribution in [0.4, 0.5) is 17.1 Å². The standard InChI is InChI=1S/C49H31N6O.Pt/c1-48(2)37-14-8-11-30(27-50)45(37)49(46-31(28-51)12-9-15-38(46)48)36-23-21-33(26-43(36)54-29-53(3)41-18-10-16-39(49)47(41)54)56-32-20-22-35-34-13-4-5-17-40(34)55(42(35)25-32)44-19-6-7-24-52-44;/h4-24,29H,1-3H3;/q-3;. The summed E-state index contributed by atoms with van der Waals surface area (Å²) in [6.45, 7) is 6.46. The van der Waals surface area contributed by atoms with Gasteiger partial charge in [-0.05, 0) is 76.6 Å². The number of benzene rings is 6. The zero-order chi connectivity index (χ0) is 37.9. The molecular formula is C49H31N6OPt-3. The number of aromatic nitrogens is 2. The van der Waals surface area contributed by atoms with E-state index in [-0.39, 0.29) is 21.1 Å². The van der Waals surface area contributed by atoms with Gasteiger partial charge in [-0.25, -0.2) is 4.98 Å². The zero-order valence-electron chi connectivity index (χ0n) is 31.1. The summed E-state index contributed by atoms with van der Waals surface area (Å²) in [7, 11) is 2.04. The summed E-state index contributed by atoms with van der Waals surface area (Å²) in [5.41, 5.74) is 10.2. The predicted molar refractivity (Wildman–Crippen MR) is 217 cm³/mol. The van der Waals surface area contributed by atoms with Crippen LogP contribution in [0.5, 0.6) is 11.5 Å². The van der Waals surface area contributed by atoms with Gasteiger partial charge in [-0.3, -0.25) is 0 Å². The Labute approximate surface area is 344 Å². The molecule has 1 spiro atoms. The summed E-state index contributed by atoms with van der Waals surface area (Å²) in [6, 6.07) is 53.1. The van der Waals surface area contributed by atoms with Gasteiger partial charge in [0, 0.05) is 66.5 Å². The molecule has 8 aromatic rings. The molecule has 3 aliphatic rings. The van der Waals surface area contributed by atoms with E-state index in [1.54, 1.807) is 6.20 Å². The molecule has 0 saturated carbocycles. The van der Waals surface area contributed by atoms with Gasteiger partial charge in [-0.15, -0.1) is 35.2 Å². The summed E-state index contributed by atoms with van der Waals surface area (Å²) in [5, 5.41) is 23.9. The molecule has 0 fully saturated rings. The van der Waals surface area contributed by atoms with Crippen LogP contribution in [0.25, 0.3) is 27.6 Å². The van der Waals surface area contributed by atoms with E-state index in [4.69, 9.17) is 4.74 Å². The minimum absolute atomic E-state index is 0. The van der Waals surface area contributed by atoms with Crippen LogP contribution in [0.15, 0.2) is 128 Å². The Morgan fingerprint density at radius 2 is 1.35 bits per heavy atom. The molecule has 11 rings (SSSR count). The summed E-state index contributed by atoms with van der Waals surface area (Å²) in [6.07, 6.45) is 1.80. The van der Waals surface area contributed by atoms with E-state index >= 15 is 0 Å². The number of anilines is 3. The summed E-state index contributed by atoms with van der Waals surface area (Å²) < 4.78 is 8.81. The average molecular weight is 915 g/mol. The maximum absolute atomic E-state index is 10.9. The first kappa shape index (κ1) is 34.8. The van der Waals surface area contributed by atoms with Crippen LogP contribution in [0, 0.1) is 41.5 Å². The number of nitriles is 2. The number of para-hydroxylation sites is 2. The largest absolute Gasteiger partial charge is 0.509 e. The molecular weight excluding hydrogens is 884 g/mol. The fourth-order valence-corrected chi connectivity index (χ4v) is 9.72. The molecule has 7 nitrogen and oxygen atoms in total. The van der Waals surface area contributed by atoms with E-state index in [0.29, 0.717) is 22.6 Å². The van der Waals surface area contributed by atoms with Gasteiger partial charge in [0.05, 0.1) is 23.3 Å². The molecule has 2 aromatic heterocycles. The van der Waals surface area contributed by atoms with Crippen molar-refractivity contribution in [3.63, 3.8) is 0 Å². The van der Waals surface area contributed by atoms with Crippen molar-refractivity contribution in [3.8, 4) is 29.5 Å². The van der Waals surface area contributed by atoms with E-state index in [2.05, 4.69) is 119 Å². The summed E-state index contributed by atoms with van der Waals surface area (Å²) >= 11 is 0. The predicted octanol–water partition coefficient (Wildman–Crippen LogP) is 10.4. The van der Waals surface area contributed by atoms with E-state index in [0.717, 1.165) is 78.1 Å². The molecule has 0 radical (unpaired) electrons. The molecule has 0 unspecified atom stereocenters. The minimum atomic E-state index is -1.02. The fraction of sp³-hybridized carbons (Fsp3) is 0.102. The van der Waals surface area contributed by atoms with Gasteiger partial charge in [-0.2, -0.15) is 29.3 Å². The molecule has 0 N–H and O–H groups in total. The van der Waals surface area contributed by atoms with Gasteiger partial charge in [0.25, 0.3) is 0 Å². The van der Waals surface area contributed by atoms with Gasteiger partial charge >= 0.3 is 0 Å². The number of fused-ring (bicyclic) bond motifs is 11. The number of nitrogens with zero attached hydrogens (tertiary/aromatic N) is 6. The van der Waals surface area contributed by atoms with Crippen molar-refractivity contribution < 1.29 is 25.8 Å². The monoisotopic (exact) mass is 914 g/mol. The van der Waals surface area contributed by atoms with Crippen LogP contribution in [0.3, 0.4) is 0 Å². The number of ether oxygens (including phenoxy) is 1. The topological polar surface area (TPSA) is 81.1 Å². The number of hydrogen-bond acceptors (Lipinski definition) is 6. The summed E-state index contributed by atoms with van der Waals surface area (Å²) in [5.74, 6) is 1.85. The average Bonchev–Trinajstić information content (AvgIpc) is 3.75. The fourth-order valence-electron chi connectivity index (χ4n) is 9.72. The maximum atomic E-state index is 10.9. The molecule has 1 aliphatic carbocycles. The minimum Gasteiger partial charge on any atom is -0.509 e. The Hall–Kier alpha value is -6.66. The molecule has 0 atom stereocenters. The molecule has 0 saturated heterocycles. The second-order valence-corrected chi connectivity index (χ2v) is 15.1. The van der Waals surface area contributed by atoms with Crippen LogP contribution in [-0.4, -0.2) is 16.6 Å². The molecule has 6 aromatic carbocycles. The van der Waals surface area contributed by atoms with Crippen LogP contribution in [0.1, 0.15) is 58.4 Å². The smallest absolute Gasteiger partial charge is 0.135 e. The van der Waals surface area contributed by atoms with Crippen LogP contribution in [-0.2, 0) is 31.9 Å². The van der Waals surface area contributed by atoms with Gasteiger partial charge in [0.15, 0.2) is 0 Å². The van der Waals surface area contributed by atoms with E-state index in [9.17, 15) is 10.5 Å². The Balaban J connectivity index is 0.00000396. The first-order chi connectivity index (χ1) is 27.4. The van der Waals surface area contributed by atoms with Crippen molar-refractivity contribution in [1.82, 2.24) is 9.55 Å². The van der Waals surface area contributed by atoms with Crippen LogP contribution >= 0.6 is 0 Å². The Morgan fingerprint density at radius 3 is 2.07 bits per heavy atom. The number of hydrogen-bond donors (Lipinski definition) is 0. The second kappa shape index (κ2) is 12.4. The van der Waals surface area contributed by atoms with Gasteiger partial charge < -0.3 is 19.1 Å². The van der Waals surface area contributed by atoms with E-state index < -0.39 is 10.8 Å². The van der Waals surface area contributed by atoms with Crippen LogP contribution < -0.4 is 14.5 Å². The second-order valence-electron chi connectivity index (χ2n) is 15.1. The normalized spacial score (nSPS) is 14.9. The Bertz CT molecular complexity index is 3010. The van der Waals surface area contributed by atoms with E-state index in [1.807, 2.05) is 73.8 Å². The Kier molecular flexibility index (Phi) is 7.58. The quantitative estimate of drug-likeness (QED) is 0.164. The van der Waals surface area contributed by atoms with Gasteiger partial charge in [0.2, 0.25) is 0 Å². The van der Waals surface area contributed by atoms with Crippen molar-refractivity contribution in [2.24, 2.45) is 0 Å². The molecule has 0 bridgehead atoms. The van der Waals surface area contributed by atoms with Crippen molar-refractivity contribution in [3.05, 3.63) is 191 Å². The molecule has 57 heavy (non-hydrogen) atoms. The van der Waals surface area contributed by atoms with Gasteiger partial charge in [-0.1, -0.05) is 85.7 Å². The van der Waals surface area contributed by atoms with Crippen molar-refractivity contribution in [2.45, 2.75) is 24.7 Å². The molecule has 2 aliphatic heterocycles. The SMILES string of the molecule is CN1[CH-]N2c3[c-]c(Oc4[c-]c5c(cc4)c4ccccc4n5-c4ccccn4)ccc3C3(c4cccc1c42)c1c(C#N)cccc1C(C)(C)c1cccc(C#N)c13.[Pt].